The van der Waals surface area contributed by atoms with Gasteiger partial charge in [-0.15, -0.1) is 0 Å². The Balaban J connectivity index is 0.0000130. The molecule has 9 nitrogen and oxygen atoms in total. The van der Waals surface area contributed by atoms with E-state index in [1.807, 2.05) is 30.2 Å². The smallest absolute Gasteiger partial charge is 0.351 e. The monoisotopic (exact) mass is 754 g/mol. The molecule has 2 aromatic heterocycles. The van der Waals surface area contributed by atoms with Crippen molar-refractivity contribution in [3.05, 3.63) is 37.2 Å². The van der Waals surface area contributed by atoms with E-state index in [-0.39, 0.29) is 30.5 Å². The second-order valence-corrected chi connectivity index (χ2v) is 14.5. The average Bonchev–Trinajstić information content (AvgIpc) is 3.59. The lowest BCUT2D eigenvalue weighted by molar-refractivity contribution is -0.698. The molecule has 0 N–H and O–H groups in total. The van der Waals surface area contributed by atoms with Crippen LogP contribution in [0.4, 0.5) is 0 Å². The Labute approximate surface area is 321 Å². The average molecular weight is 756 g/mol. The van der Waals surface area contributed by atoms with Gasteiger partial charge in [0, 0.05) is 30.5 Å². The predicted molar refractivity (Wildman–Crippen MR) is 205 cm³/mol. The van der Waals surface area contributed by atoms with E-state index < -0.39 is 0 Å². The zero-order valence-electron chi connectivity index (χ0n) is 32.3. The standard InChI is InChI=1S/C40H71N4O5S.ClH/c1-4-7-9-10-11-12-13-14-15-16-17-18-19-20-21-22-30-47-34-37(49-40-41-25-23-26-42-40)35-50-33-32-46-31-29-43-27-28-44(36-43)38(24-8-5-2)39(45)48-6-3;/h23,25-28,36-38H,4-22,24,29-35H2,1-3H3;1H/q+1;/p-1. The molecule has 2 heterocycles. The topological polar surface area (TPSA) is 88.6 Å². The minimum Gasteiger partial charge on any atom is -1.00 e. The summed E-state index contributed by atoms with van der Waals surface area (Å²) in [6.45, 7) is 9.95. The number of nitrogens with zero attached hydrogens (tertiary/aromatic N) is 4. The van der Waals surface area contributed by atoms with Gasteiger partial charge in [0.05, 0.1) is 26.4 Å². The molecule has 0 amide bonds. The first-order chi connectivity index (χ1) is 24.7. The third kappa shape index (κ3) is 24.9. The third-order valence-electron chi connectivity index (χ3n) is 8.89. The molecule has 2 atom stereocenters. The minimum absolute atomic E-state index is 0. The van der Waals surface area contributed by atoms with Crippen LogP contribution >= 0.6 is 11.8 Å². The summed E-state index contributed by atoms with van der Waals surface area (Å²) in [5, 5.41) is 0. The molecule has 0 aromatic carbocycles. The lowest BCUT2D eigenvalue weighted by Gasteiger charge is -2.17. The van der Waals surface area contributed by atoms with Gasteiger partial charge in [0.25, 0.3) is 0 Å². The van der Waals surface area contributed by atoms with E-state index in [0.29, 0.717) is 32.4 Å². The number of halogens is 1. The SMILES string of the molecule is CCCCCCCCCCCCCCCCCCOCC(CSCCOCC[n+]1ccn(C(CCCC)C(=O)OCC)c1)Oc1ncccn1.[Cl-]. The Morgan fingerprint density at radius 1 is 0.784 bits per heavy atom. The number of hydrogen-bond donors (Lipinski definition) is 0. The first kappa shape index (κ1) is 47.1. The quantitative estimate of drug-likeness (QED) is 0.0458. The fourth-order valence-corrected chi connectivity index (χ4v) is 6.76. The van der Waals surface area contributed by atoms with Crippen LogP contribution in [0.25, 0.3) is 0 Å². The van der Waals surface area contributed by atoms with Crippen LogP contribution in [0.15, 0.2) is 37.2 Å². The van der Waals surface area contributed by atoms with Crippen LogP contribution in [0.1, 0.15) is 149 Å². The van der Waals surface area contributed by atoms with E-state index in [2.05, 4.69) is 28.4 Å². The van der Waals surface area contributed by atoms with E-state index in [9.17, 15) is 4.79 Å². The molecule has 2 rings (SSSR count). The van der Waals surface area contributed by atoms with Gasteiger partial charge in [0.1, 0.15) is 25.0 Å². The van der Waals surface area contributed by atoms with Crippen molar-refractivity contribution >= 4 is 17.7 Å². The summed E-state index contributed by atoms with van der Waals surface area (Å²) in [6, 6.07) is 1.91. The highest BCUT2D eigenvalue weighted by atomic mass is 35.5. The normalized spacial score (nSPS) is 12.4. The maximum Gasteiger partial charge on any atom is 0.351 e. The number of hydrogen-bond acceptors (Lipinski definition) is 8. The molecule has 0 fully saturated rings. The molecule has 0 saturated carbocycles. The highest BCUT2D eigenvalue weighted by molar-refractivity contribution is 7.99. The molecular weight excluding hydrogens is 684 g/mol. The largest absolute Gasteiger partial charge is 1.00 e. The van der Waals surface area contributed by atoms with Crippen molar-refractivity contribution in [2.75, 3.05) is 44.5 Å². The second-order valence-electron chi connectivity index (χ2n) is 13.3. The van der Waals surface area contributed by atoms with Crippen molar-refractivity contribution in [3.63, 3.8) is 0 Å². The number of carbonyl (C=O) groups is 1. The fraction of sp³-hybridized carbons (Fsp3) is 0.800. The summed E-state index contributed by atoms with van der Waals surface area (Å²) in [5.41, 5.74) is 0. The van der Waals surface area contributed by atoms with Crippen molar-refractivity contribution in [1.82, 2.24) is 14.5 Å². The van der Waals surface area contributed by atoms with Crippen LogP contribution in [0, 0.1) is 0 Å². The molecule has 0 bridgehead atoms. The number of rotatable bonds is 35. The predicted octanol–water partition coefficient (Wildman–Crippen LogP) is 6.34. The maximum absolute atomic E-state index is 12.5. The first-order valence-electron chi connectivity index (χ1n) is 20.1. The summed E-state index contributed by atoms with van der Waals surface area (Å²) >= 11 is 1.79. The molecule has 11 heteroatoms. The third-order valence-corrected chi connectivity index (χ3v) is 9.95. The van der Waals surface area contributed by atoms with Gasteiger partial charge in [-0.25, -0.2) is 23.9 Å². The molecule has 0 aliphatic heterocycles. The fourth-order valence-electron chi connectivity index (χ4n) is 5.94. The van der Waals surface area contributed by atoms with Gasteiger partial charge >= 0.3 is 12.0 Å². The van der Waals surface area contributed by atoms with Crippen LogP contribution in [-0.2, 0) is 25.5 Å². The van der Waals surface area contributed by atoms with Crippen molar-refractivity contribution in [2.24, 2.45) is 0 Å². The van der Waals surface area contributed by atoms with Crippen LogP contribution in [0.2, 0.25) is 0 Å². The van der Waals surface area contributed by atoms with Crippen LogP contribution in [0.5, 0.6) is 6.01 Å². The Morgan fingerprint density at radius 3 is 2.00 bits per heavy atom. The number of aromatic nitrogens is 4. The molecule has 0 aliphatic rings. The van der Waals surface area contributed by atoms with Crippen molar-refractivity contribution in [1.29, 1.82) is 0 Å². The van der Waals surface area contributed by atoms with Crippen LogP contribution < -0.4 is 21.7 Å². The van der Waals surface area contributed by atoms with Gasteiger partial charge < -0.3 is 31.4 Å². The van der Waals surface area contributed by atoms with Crippen molar-refractivity contribution < 1.29 is 40.7 Å². The van der Waals surface area contributed by atoms with Crippen molar-refractivity contribution in [2.45, 2.75) is 161 Å². The molecule has 2 aromatic rings. The Morgan fingerprint density at radius 2 is 1.39 bits per heavy atom. The van der Waals surface area contributed by atoms with E-state index in [1.54, 1.807) is 30.2 Å². The zero-order valence-corrected chi connectivity index (χ0v) is 33.9. The zero-order chi connectivity index (χ0) is 35.7. The first-order valence-corrected chi connectivity index (χ1v) is 21.2. The lowest BCUT2D eigenvalue weighted by atomic mass is 10.0. The molecule has 294 valence electrons. The van der Waals surface area contributed by atoms with Crippen LogP contribution in [0.3, 0.4) is 0 Å². The van der Waals surface area contributed by atoms with Gasteiger partial charge in [-0.05, 0) is 32.3 Å². The summed E-state index contributed by atoms with van der Waals surface area (Å²) in [5.74, 6) is 1.48. The number of ether oxygens (including phenoxy) is 4. The van der Waals surface area contributed by atoms with E-state index >= 15 is 0 Å². The van der Waals surface area contributed by atoms with E-state index in [1.165, 1.54) is 96.3 Å². The Kier molecular flexibility index (Phi) is 31.4. The van der Waals surface area contributed by atoms with Gasteiger partial charge in [0.15, 0.2) is 6.04 Å². The Hall–Kier alpha value is -1.88. The van der Waals surface area contributed by atoms with Gasteiger partial charge in [-0.1, -0.05) is 117 Å². The maximum atomic E-state index is 12.5. The molecule has 0 spiro atoms. The lowest BCUT2D eigenvalue weighted by Crippen LogP contribution is -3.00. The second kappa shape index (κ2) is 33.9. The number of carbonyl (C=O) groups excluding carboxylic acids is 1. The molecule has 0 saturated heterocycles. The summed E-state index contributed by atoms with van der Waals surface area (Å²) in [6.07, 6.45) is 33.9. The molecule has 0 radical (unpaired) electrons. The molecule has 2 unspecified atom stereocenters. The van der Waals surface area contributed by atoms with E-state index in [4.69, 9.17) is 18.9 Å². The highest BCUT2D eigenvalue weighted by Crippen LogP contribution is 2.17. The number of unbranched alkanes of at least 4 members (excludes halogenated alkanes) is 16. The highest BCUT2D eigenvalue weighted by Gasteiger charge is 2.26. The van der Waals surface area contributed by atoms with Gasteiger partial charge in [-0.3, -0.25) is 0 Å². The number of thioether (sulfide) groups is 1. The number of imidazole rings is 1. The summed E-state index contributed by atoms with van der Waals surface area (Å²) < 4.78 is 27.4. The van der Waals surface area contributed by atoms with Gasteiger partial charge in [0.2, 0.25) is 6.33 Å². The molecule has 51 heavy (non-hydrogen) atoms. The number of esters is 1. The summed E-state index contributed by atoms with van der Waals surface area (Å²) in [4.78, 5) is 20.9. The minimum atomic E-state index is -0.275. The molecular formula is C40H71ClN4O5S. The van der Waals surface area contributed by atoms with E-state index in [0.717, 1.165) is 50.3 Å². The van der Waals surface area contributed by atoms with Crippen LogP contribution in [-0.4, -0.2) is 71.1 Å². The summed E-state index contributed by atoms with van der Waals surface area (Å²) in [7, 11) is 0. The Bertz CT molecular complexity index is 1050. The van der Waals surface area contributed by atoms with Gasteiger partial charge in [-0.2, -0.15) is 11.8 Å². The molecule has 0 aliphatic carbocycles. The van der Waals surface area contributed by atoms with Crippen molar-refractivity contribution in [3.8, 4) is 6.01 Å².